The van der Waals surface area contributed by atoms with Gasteiger partial charge < -0.3 is 10.4 Å². The summed E-state index contributed by atoms with van der Waals surface area (Å²) < 4.78 is 0. The lowest BCUT2D eigenvalue weighted by molar-refractivity contribution is -0.128. The second-order valence-electron chi connectivity index (χ2n) is 3.29. The number of amides is 1. The number of hydrogen-bond acceptors (Lipinski definition) is 2. The van der Waals surface area contributed by atoms with Crippen molar-refractivity contribution in [2.75, 3.05) is 13.2 Å². The van der Waals surface area contributed by atoms with Crippen molar-refractivity contribution in [1.29, 1.82) is 0 Å². The van der Waals surface area contributed by atoms with Gasteiger partial charge in [-0.1, -0.05) is 6.92 Å². The Morgan fingerprint density at radius 2 is 2.27 bits per heavy atom. The number of carbonyl (C=O) groups excluding carboxylic acids is 1. The topological polar surface area (TPSA) is 49.3 Å². The first kappa shape index (κ1) is 8.53. The molecule has 0 spiro atoms. The van der Waals surface area contributed by atoms with E-state index in [1.165, 1.54) is 0 Å². The summed E-state index contributed by atoms with van der Waals surface area (Å²) in [6, 6.07) is 0. The van der Waals surface area contributed by atoms with Gasteiger partial charge in [-0.3, -0.25) is 4.79 Å². The Balaban J connectivity index is 2.11. The molecule has 0 atom stereocenters. The zero-order chi connectivity index (χ0) is 8.27. The molecule has 0 aromatic rings. The summed E-state index contributed by atoms with van der Waals surface area (Å²) in [6.07, 6.45) is 2.02. The fourth-order valence-electron chi connectivity index (χ4n) is 1.44. The van der Waals surface area contributed by atoms with Gasteiger partial charge in [0.05, 0.1) is 6.61 Å². The van der Waals surface area contributed by atoms with Crippen LogP contribution in [-0.4, -0.2) is 24.2 Å². The van der Waals surface area contributed by atoms with Crippen molar-refractivity contribution in [2.45, 2.75) is 19.8 Å². The van der Waals surface area contributed by atoms with Crippen LogP contribution in [0.15, 0.2) is 0 Å². The summed E-state index contributed by atoms with van der Waals surface area (Å²) in [5.74, 6) is 1.04. The Bertz CT molecular complexity index is 141. The first-order valence-electron chi connectivity index (χ1n) is 4.12. The first-order valence-corrected chi connectivity index (χ1v) is 4.12. The van der Waals surface area contributed by atoms with Crippen LogP contribution < -0.4 is 5.32 Å². The molecule has 0 bridgehead atoms. The van der Waals surface area contributed by atoms with E-state index in [1.807, 2.05) is 0 Å². The maximum Gasteiger partial charge on any atom is 0.223 e. The third-order valence-corrected chi connectivity index (χ3v) is 2.16. The van der Waals surface area contributed by atoms with Crippen LogP contribution in [0, 0.1) is 11.8 Å². The van der Waals surface area contributed by atoms with Gasteiger partial charge in [0.15, 0.2) is 0 Å². The highest BCUT2D eigenvalue weighted by Gasteiger charge is 2.30. The molecule has 1 amide bonds. The van der Waals surface area contributed by atoms with Gasteiger partial charge in [0, 0.05) is 12.5 Å². The van der Waals surface area contributed by atoms with Crippen molar-refractivity contribution >= 4 is 5.91 Å². The number of carbonyl (C=O) groups is 1. The zero-order valence-electron chi connectivity index (χ0n) is 6.84. The quantitative estimate of drug-likeness (QED) is 0.612. The lowest BCUT2D eigenvalue weighted by atomic mass is 9.76. The lowest BCUT2D eigenvalue weighted by Gasteiger charge is -2.31. The largest absolute Gasteiger partial charge is 0.395 e. The van der Waals surface area contributed by atoms with Crippen LogP contribution in [0.4, 0.5) is 0 Å². The van der Waals surface area contributed by atoms with E-state index >= 15 is 0 Å². The van der Waals surface area contributed by atoms with Crippen LogP contribution in [-0.2, 0) is 4.79 Å². The van der Waals surface area contributed by atoms with E-state index in [1.54, 1.807) is 0 Å². The molecule has 0 aromatic heterocycles. The molecule has 0 aromatic carbocycles. The molecule has 11 heavy (non-hydrogen) atoms. The Labute approximate surface area is 66.8 Å². The van der Waals surface area contributed by atoms with E-state index in [-0.39, 0.29) is 18.4 Å². The molecule has 1 aliphatic rings. The maximum atomic E-state index is 11.1. The molecule has 0 unspecified atom stereocenters. The minimum Gasteiger partial charge on any atom is -0.395 e. The molecule has 2 N–H and O–H groups in total. The van der Waals surface area contributed by atoms with Crippen LogP contribution in [0.2, 0.25) is 0 Å². The van der Waals surface area contributed by atoms with Crippen molar-refractivity contribution in [1.82, 2.24) is 5.32 Å². The molecule has 0 aliphatic heterocycles. The van der Waals surface area contributed by atoms with Gasteiger partial charge >= 0.3 is 0 Å². The van der Waals surface area contributed by atoms with Crippen LogP contribution in [0.5, 0.6) is 0 Å². The summed E-state index contributed by atoms with van der Waals surface area (Å²) in [4.78, 5) is 11.1. The highest BCUT2D eigenvalue weighted by molar-refractivity contribution is 5.79. The van der Waals surface area contributed by atoms with E-state index < -0.39 is 0 Å². The third kappa shape index (κ3) is 2.19. The normalized spacial score (nSPS) is 29.3. The summed E-state index contributed by atoms with van der Waals surface area (Å²) in [7, 11) is 0. The Hall–Kier alpha value is -0.570. The van der Waals surface area contributed by atoms with Gasteiger partial charge in [-0.05, 0) is 18.8 Å². The molecule has 0 heterocycles. The Morgan fingerprint density at radius 1 is 1.64 bits per heavy atom. The van der Waals surface area contributed by atoms with Gasteiger partial charge in [-0.2, -0.15) is 0 Å². The fourth-order valence-corrected chi connectivity index (χ4v) is 1.44. The lowest BCUT2D eigenvalue weighted by Crippen LogP contribution is -2.38. The minimum absolute atomic E-state index is 0.0357. The van der Waals surface area contributed by atoms with Crippen molar-refractivity contribution in [3.05, 3.63) is 0 Å². The fraction of sp³-hybridized carbons (Fsp3) is 0.875. The van der Waals surface area contributed by atoms with Gasteiger partial charge in [0.25, 0.3) is 0 Å². The second-order valence-corrected chi connectivity index (χ2v) is 3.29. The standard InChI is InChI=1S/C8H15NO2/c1-6-4-7(5-6)8(11)9-2-3-10/h6-7,10H,2-5H2,1H3,(H,9,11). The first-order chi connectivity index (χ1) is 5.24. The van der Waals surface area contributed by atoms with E-state index in [2.05, 4.69) is 12.2 Å². The average molecular weight is 157 g/mol. The maximum absolute atomic E-state index is 11.1. The molecule has 1 saturated carbocycles. The zero-order valence-corrected chi connectivity index (χ0v) is 6.84. The van der Waals surface area contributed by atoms with Gasteiger partial charge in [0.1, 0.15) is 0 Å². The van der Waals surface area contributed by atoms with Gasteiger partial charge in [-0.25, -0.2) is 0 Å². The van der Waals surface area contributed by atoms with E-state index in [9.17, 15) is 4.79 Å². The van der Waals surface area contributed by atoms with Crippen molar-refractivity contribution in [2.24, 2.45) is 11.8 Å². The molecule has 1 rings (SSSR count). The predicted molar refractivity (Wildman–Crippen MR) is 42.0 cm³/mol. The van der Waals surface area contributed by atoms with Crippen molar-refractivity contribution in [3.63, 3.8) is 0 Å². The molecular formula is C8H15NO2. The summed E-state index contributed by atoms with van der Waals surface area (Å²) in [5, 5.41) is 11.1. The van der Waals surface area contributed by atoms with Crippen molar-refractivity contribution < 1.29 is 9.90 Å². The molecule has 64 valence electrons. The molecule has 1 aliphatic carbocycles. The number of rotatable bonds is 3. The number of aliphatic hydroxyl groups excluding tert-OH is 1. The van der Waals surface area contributed by atoms with Crippen LogP contribution in [0.1, 0.15) is 19.8 Å². The van der Waals surface area contributed by atoms with Crippen LogP contribution in [0.3, 0.4) is 0 Å². The molecule has 3 nitrogen and oxygen atoms in total. The van der Waals surface area contributed by atoms with Crippen molar-refractivity contribution in [3.8, 4) is 0 Å². The van der Waals surface area contributed by atoms with Gasteiger partial charge in [-0.15, -0.1) is 0 Å². The predicted octanol–water partition coefficient (Wildman–Crippen LogP) is 0.141. The minimum atomic E-state index is 0.0357. The highest BCUT2D eigenvalue weighted by Crippen LogP contribution is 2.32. The molecular weight excluding hydrogens is 142 g/mol. The van der Waals surface area contributed by atoms with Crippen LogP contribution >= 0.6 is 0 Å². The molecule has 3 heteroatoms. The Kier molecular flexibility index (Phi) is 2.88. The summed E-state index contributed by atoms with van der Waals surface area (Å²) in [5.41, 5.74) is 0. The smallest absolute Gasteiger partial charge is 0.223 e. The van der Waals surface area contributed by atoms with Crippen LogP contribution in [0.25, 0.3) is 0 Å². The van der Waals surface area contributed by atoms with E-state index in [4.69, 9.17) is 5.11 Å². The highest BCUT2D eigenvalue weighted by atomic mass is 16.3. The summed E-state index contributed by atoms with van der Waals surface area (Å²) in [6.45, 7) is 2.58. The van der Waals surface area contributed by atoms with Gasteiger partial charge in [0.2, 0.25) is 5.91 Å². The Morgan fingerprint density at radius 3 is 2.73 bits per heavy atom. The monoisotopic (exact) mass is 157 g/mol. The average Bonchev–Trinajstić information content (AvgIpc) is 1.94. The third-order valence-electron chi connectivity index (χ3n) is 2.16. The summed E-state index contributed by atoms with van der Waals surface area (Å²) >= 11 is 0. The SMILES string of the molecule is CC1CC(C(=O)NCCO)C1. The number of aliphatic hydroxyl groups is 1. The molecule has 0 saturated heterocycles. The van der Waals surface area contributed by atoms with E-state index in [0.717, 1.165) is 12.8 Å². The molecule has 0 radical (unpaired) electrons. The number of nitrogens with one attached hydrogen (secondary N) is 1. The van der Waals surface area contributed by atoms with E-state index in [0.29, 0.717) is 12.5 Å². The second kappa shape index (κ2) is 3.72. The molecule has 1 fully saturated rings. The number of hydrogen-bond donors (Lipinski definition) is 2.